The van der Waals surface area contributed by atoms with Crippen molar-refractivity contribution >= 4 is 71.4 Å². The van der Waals surface area contributed by atoms with Gasteiger partial charge in [0.15, 0.2) is 11.6 Å². The molecule has 0 aromatic rings. The van der Waals surface area contributed by atoms with E-state index in [4.69, 9.17) is 0 Å². The molecule has 210 valence electrons. The summed E-state index contributed by atoms with van der Waals surface area (Å²) in [7, 11) is 0. The summed E-state index contributed by atoms with van der Waals surface area (Å²) < 4.78 is 0. The standard InChI is InChI=1S/C26H48N2O4S4/c1-33-17-11-23(27-21-29)25(31)13-19-35-15-9-7-5-3-4-6-8-10-16-36-20-14-26(32)24(28-22-30)12-18-34-2/h21-24H,3-20H2,1-2H3,(H,27,29)(H,28,30)/t23-,24-/m0/s1. The fourth-order valence-electron chi connectivity index (χ4n) is 3.68. The molecule has 2 amide bonds. The number of carbonyl (C=O) groups excluding carboxylic acids is 4. The lowest BCUT2D eigenvalue weighted by atomic mass is 10.1. The minimum Gasteiger partial charge on any atom is -0.349 e. The van der Waals surface area contributed by atoms with Crippen molar-refractivity contribution in [3.05, 3.63) is 0 Å². The molecular formula is C26H48N2O4S4. The topological polar surface area (TPSA) is 92.3 Å². The predicted octanol–water partition coefficient (Wildman–Crippen LogP) is 5.23. The Kier molecular flexibility index (Phi) is 27.5. The molecular weight excluding hydrogens is 533 g/mol. The predicted molar refractivity (Wildman–Crippen MR) is 163 cm³/mol. The molecule has 0 fully saturated rings. The van der Waals surface area contributed by atoms with Gasteiger partial charge in [0.05, 0.1) is 12.1 Å². The lowest BCUT2D eigenvalue weighted by Crippen LogP contribution is -2.36. The average Bonchev–Trinajstić information content (AvgIpc) is 2.88. The van der Waals surface area contributed by atoms with E-state index in [1.165, 1.54) is 51.4 Å². The number of Topliss-reactive ketones (excluding diaryl/α,β-unsaturated/α-hetero) is 2. The molecule has 0 heterocycles. The monoisotopic (exact) mass is 580 g/mol. The van der Waals surface area contributed by atoms with Crippen LogP contribution in [0.15, 0.2) is 0 Å². The van der Waals surface area contributed by atoms with E-state index in [-0.39, 0.29) is 23.7 Å². The largest absolute Gasteiger partial charge is 0.349 e. The van der Waals surface area contributed by atoms with Gasteiger partial charge in [0.25, 0.3) is 0 Å². The number of thioether (sulfide) groups is 4. The number of amides is 2. The third kappa shape index (κ3) is 21.7. The summed E-state index contributed by atoms with van der Waals surface area (Å²) in [6, 6.07) is -0.643. The Balaban J connectivity index is 3.49. The average molecular weight is 581 g/mol. The molecule has 0 spiro atoms. The van der Waals surface area contributed by atoms with Crippen molar-refractivity contribution < 1.29 is 19.2 Å². The first-order chi connectivity index (χ1) is 17.6. The van der Waals surface area contributed by atoms with Crippen molar-refractivity contribution in [2.75, 3.05) is 47.0 Å². The third-order valence-electron chi connectivity index (χ3n) is 5.85. The Hall–Kier alpha value is -0.320. The van der Waals surface area contributed by atoms with Crippen LogP contribution >= 0.6 is 47.0 Å². The summed E-state index contributed by atoms with van der Waals surface area (Å²) in [4.78, 5) is 45.8. The molecule has 0 aromatic carbocycles. The zero-order valence-corrected chi connectivity index (χ0v) is 25.6. The first-order valence-electron chi connectivity index (χ1n) is 13.2. The molecule has 0 aliphatic carbocycles. The number of hydrogen-bond donors (Lipinski definition) is 2. The zero-order valence-electron chi connectivity index (χ0n) is 22.3. The lowest BCUT2D eigenvalue weighted by molar-refractivity contribution is -0.123. The van der Waals surface area contributed by atoms with Gasteiger partial charge in [-0.1, -0.05) is 38.5 Å². The van der Waals surface area contributed by atoms with E-state index in [2.05, 4.69) is 10.6 Å². The molecule has 0 aromatic heterocycles. The highest BCUT2D eigenvalue weighted by atomic mass is 32.2. The van der Waals surface area contributed by atoms with E-state index in [1.807, 2.05) is 36.0 Å². The van der Waals surface area contributed by atoms with Crippen molar-refractivity contribution in [1.82, 2.24) is 10.6 Å². The second-order valence-electron chi connectivity index (χ2n) is 8.72. The fraction of sp³-hybridized carbons (Fsp3) is 0.846. The van der Waals surface area contributed by atoms with Crippen LogP contribution in [0.1, 0.15) is 77.0 Å². The van der Waals surface area contributed by atoms with Crippen LogP contribution in [-0.2, 0) is 19.2 Å². The van der Waals surface area contributed by atoms with Crippen molar-refractivity contribution in [2.24, 2.45) is 0 Å². The fourth-order valence-corrected chi connectivity index (χ4v) is 6.54. The normalized spacial score (nSPS) is 12.6. The maximum atomic E-state index is 12.2. The molecule has 0 aliphatic rings. The molecule has 2 N–H and O–H groups in total. The Bertz CT molecular complexity index is 522. The van der Waals surface area contributed by atoms with E-state index < -0.39 is 0 Å². The van der Waals surface area contributed by atoms with Crippen LogP contribution in [-0.4, -0.2) is 83.5 Å². The van der Waals surface area contributed by atoms with Gasteiger partial charge in [0, 0.05) is 24.3 Å². The van der Waals surface area contributed by atoms with E-state index in [9.17, 15) is 19.2 Å². The quantitative estimate of drug-likeness (QED) is 0.0918. The molecule has 0 rings (SSSR count). The van der Waals surface area contributed by atoms with Crippen LogP contribution < -0.4 is 10.6 Å². The van der Waals surface area contributed by atoms with Crippen LogP contribution in [0, 0.1) is 0 Å². The van der Waals surface area contributed by atoms with Gasteiger partial charge in [-0.25, -0.2) is 0 Å². The number of nitrogens with one attached hydrogen (secondary N) is 2. The highest BCUT2D eigenvalue weighted by Crippen LogP contribution is 2.15. The number of hydrogen-bond acceptors (Lipinski definition) is 8. The molecule has 10 heteroatoms. The Morgan fingerprint density at radius 3 is 1.28 bits per heavy atom. The maximum absolute atomic E-state index is 12.2. The smallest absolute Gasteiger partial charge is 0.207 e. The van der Waals surface area contributed by atoms with Gasteiger partial charge in [-0.3, -0.25) is 19.2 Å². The number of ketones is 2. The number of unbranched alkanes of at least 4 members (excludes halogenated alkanes) is 7. The highest BCUT2D eigenvalue weighted by molar-refractivity contribution is 7.99. The number of rotatable bonds is 29. The van der Waals surface area contributed by atoms with Gasteiger partial charge in [-0.15, -0.1) is 0 Å². The molecule has 0 aliphatic heterocycles. The summed E-state index contributed by atoms with van der Waals surface area (Å²) in [6.07, 6.45) is 17.9. The molecule has 0 unspecified atom stereocenters. The third-order valence-corrected chi connectivity index (χ3v) is 9.28. The Morgan fingerprint density at radius 1 is 0.583 bits per heavy atom. The van der Waals surface area contributed by atoms with Crippen molar-refractivity contribution in [2.45, 2.75) is 89.1 Å². The van der Waals surface area contributed by atoms with Crippen molar-refractivity contribution in [3.63, 3.8) is 0 Å². The van der Waals surface area contributed by atoms with Gasteiger partial charge >= 0.3 is 0 Å². The van der Waals surface area contributed by atoms with Crippen LogP contribution in [0.3, 0.4) is 0 Å². The van der Waals surface area contributed by atoms with Crippen LogP contribution in [0.25, 0.3) is 0 Å². The van der Waals surface area contributed by atoms with E-state index >= 15 is 0 Å². The van der Waals surface area contributed by atoms with E-state index in [1.54, 1.807) is 23.5 Å². The highest BCUT2D eigenvalue weighted by Gasteiger charge is 2.17. The molecule has 0 bridgehead atoms. The molecule has 6 nitrogen and oxygen atoms in total. The summed E-state index contributed by atoms with van der Waals surface area (Å²) in [6.45, 7) is 0. The summed E-state index contributed by atoms with van der Waals surface area (Å²) in [5.41, 5.74) is 0. The Labute approximate surface area is 236 Å². The van der Waals surface area contributed by atoms with Crippen molar-refractivity contribution in [3.8, 4) is 0 Å². The molecule has 0 saturated carbocycles. The molecule has 0 radical (unpaired) electrons. The first kappa shape index (κ1) is 35.7. The van der Waals surface area contributed by atoms with Gasteiger partial charge in [-0.2, -0.15) is 47.0 Å². The minimum atomic E-state index is -0.322. The van der Waals surface area contributed by atoms with Gasteiger partial charge < -0.3 is 10.6 Å². The van der Waals surface area contributed by atoms with Crippen LogP contribution in [0.4, 0.5) is 0 Å². The molecule has 2 atom stereocenters. The van der Waals surface area contributed by atoms with E-state index in [0.29, 0.717) is 38.5 Å². The zero-order chi connectivity index (χ0) is 26.7. The first-order valence-corrected chi connectivity index (χ1v) is 18.3. The summed E-state index contributed by atoms with van der Waals surface area (Å²) >= 11 is 7.07. The molecule has 36 heavy (non-hydrogen) atoms. The SMILES string of the molecule is CSCC[C@H](NC=O)C(=O)CCSCCCCCCCCCCSCCC(=O)[C@H](CCSC)NC=O. The second kappa shape index (κ2) is 27.7. The van der Waals surface area contributed by atoms with Gasteiger partial charge in [0.1, 0.15) is 0 Å². The molecule has 0 saturated heterocycles. The second-order valence-corrected chi connectivity index (χ2v) is 13.1. The Morgan fingerprint density at radius 2 is 0.944 bits per heavy atom. The van der Waals surface area contributed by atoms with Crippen molar-refractivity contribution in [1.29, 1.82) is 0 Å². The van der Waals surface area contributed by atoms with Gasteiger partial charge in [-0.05, 0) is 61.2 Å². The van der Waals surface area contributed by atoms with Crippen LogP contribution in [0.5, 0.6) is 0 Å². The maximum Gasteiger partial charge on any atom is 0.207 e. The minimum absolute atomic E-state index is 0.151. The number of carbonyl (C=O) groups is 4. The summed E-state index contributed by atoms with van der Waals surface area (Å²) in [5, 5.41) is 5.32. The van der Waals surface area contributed by atoms with Crippen LogP contribution in [0.2, 0.25) is 0 Å². The lowest BCUT2D eigenvalue weighted by Gasteiger charge is -2.14. The van der Waals surface area contributed by atoms with Gasteiger partial charge in [0.2, 0.25) is 12.8 Å². The summed E-state index contributed by atoms with van der Waals surface area (Å²) in [5.74, 6) is 5.96. The van der Waals surface area contributed by atoms with E-state index in [0.717, 1.165) is 34.5 Å².